The molecule has 0 aliphatic heterocycles. The van der Waals surface area contributed by atoms with Gasteiger partial charge in [0.15, 0.2) is 11.6 Å². The molecular formula is C15H24FNO. The summed E-state index contributed by atoms with van der Waals surface area (Å²) in [6.45, 7) is 7.37. The Morgan fingerprint density at radius 3 is 2.61 bits per heavy atom. The van der Waals surface area contributed by atoms with Gasteiger partial charge >= 0.3 is 0 Å². The van der Waals surface area contributed by atoms with Crippen molar-refractivity contribution in [3.8, 4) is 5.75 Å². The monoisotopic (exact) mass is 253 g/mol. The molecule has 1 aromatic rings. The van der Waals surface area contributed by atoms with E-state index in [1.54, 1.807) is 6.07 Å². The molecule has 3 heteroatoms. The van der Waals surface area contributed by atoms with Crippen LogP contribution in [0.3, 0.4) is 0 Å². The molecule has 0 spiro atoms. The molecular weight excluding hydrogens is 229 g/mol. The van der Waals surface area contributed by atoms with E-state index in [0.29, 0.717) is 17.7 Å². The van der Waals surface area contributed by atoms with Crippen molar-refractivity contribution in [2.24, 2.45) is 5.92 Å². The van der Waals surface area contributed by atoms with Crippen molar-refractivity contribution in [3.05, 3.63) is 29.6 Å². The van der Waals surface area contributed by atoms with Gasteiger partial charge in [-0.25, -0.2) is 4.39 Å². The summed E-state index contributed by atoms with van der Waals surface area (Å²) < 4.78 is 19.1. The molecule has 0 aliphatic carbocycles. The second-order valence-corrected chi connectivity index (χ2v) is 4.69. The fourth-order valence-corrected chi connectivity index (χ4v) is 2.37. The van der Waals surface area contributed by atoms with Gasteiger partial charge in [-0.1, -0.05) is 32.9 Å². The third kappa shape index (κ3) is 3.70. The average Bonchev–Trinajstić information content (AvgIpc) is 2.38. The minimum absolute atomic E-state index is 0.224. The Kier molecular flexibility index (Phi) is 6.13. The number of hydrogen-bond acceptors (Lipinski definition) is 2. The molecule has 1 N–H and O–H groups in total. The van der Waals surface area contributed by atoms with Crippen molar-refractivity contribution < 1.29 is 9.13 Å². The van der Waals surface area contributed by atoms with Gasteiger partial charge in [0.05, 0.1) is 7.11 Å². The standard InChI is InChI=1S/C15H24FNO/c1-5-13(17-6-2)11(3)10-12-8-7-9-14(18-4)15(12)16/h7-9,11,13,17H,5-6,10H2,1-4H3. The molecule has 2 nitrogen and oxygen atoms in total. The zero-order valence-electron chi connectivity index (χ0n) is 11.8. The van der Waals surface area contributed by atoms with E-state index in [-0.39, 0.29) is 5.82 Å². The lowest BCUT2D eigenvalue weighted by molar-refractivity contribution is 0.358. The summed E-state index contributed by atoms with van der Waals surface area (Å²) in [6, 6.07) is 5.77. The van der Waals surface area contributed by atoms with Crippen LogP contribution in [0.2, 0.25) is 0 Å². The quantitative estimate of drug-likeness (QED) is 0.804. The van der Waals surface area contributed by atoms with Crippen molar-refractivity contribution in [2.45, 2.75) is 39.7 Å². The van der Waals surface area contributed by atoms with E-state index in [1.807, 2.05) is 12.1 Å². The van der Waals surface area contributed by atoms with Crippen LogP contribution >= 0.6 is 0 Å². The fraction of sp³-hybridized carbons (Fsp3) is 0.600. The maximum absolute atomic E-state index is 14.0. The molecule has 2 unspecified atom stereocenters. The molecule has 18 heavy (non-hydrogen) atoms. The van der Waals surface area contributed by atoms with E-state index in [4.69, 9.17) is 4.74 Å². The minimum atomic E-state index is -0.224. The Hall–Kier alpha value is -1.09. The van der Waals surface area contributed by atoms with Gasteiger partial charge in [0.1, 0.15) is 0 Å². The predicted octanol–water partition coefficient (Wildman–Crippen LogP) is 3.40. The lowest BCUT2D eigenvalue weighted by Crippen LogP contribution is -2.35. The summed E-state index contributed by atoms with van der Waals surface area (Å²) in [4.78, 5) is 0. The largest absolute Gasteiger partial charge is 0.494 e. The van der Waals surface area contributed by atoms with Crippen LogP contribution in [-0.2, 0) is 6.42 Å². The number of rotatable bonds is 7. The normalized spacial score (nSPS) is 14.3. The van der Waals surface area contributed by atoms with Crippen molar-refractivity contribution in [3.63, 3.8) is 0 Å². The van der Waals surface area contributed by atoms with Crippen LogP contribution in [-0.4, -0.2) is 19.7 Å². The molecule has 0 saturated heterocycles. The third-order valence-corrected chi connectivity index (χ3v) is 3.40. The Bertz CT molecular complexity index is 368. The minimum Gasteiger partial charge on any atom is -0.494 e. The van der Waals surface area contributed by atoms with Crippen LogP contribution in [0.1, 0.15) is 32.8 Å². The molecule has 0 amide bonds. The average molecular weight is 253 g/mol. The number of methoxy groups -OCH3 is 1. The summed E-state index contributed by atoms with van der Waals surface area (Å²) in [5.41, 5.74) is 0.734. The molecule has 0 fully saturated rings. The summed E-state index contributed by atoms with van der Waals surface area (Å²) in [5.74, 6) is 0.506. The SMILES string of the molecule is CCNC(CC)C(C)Cc1cccc(OC)c1F. The van der Waals surface area contributed by atoms with Gasteiger partial charge in [0.25, 0.3) is 0 Å². The van der Waals surface area contributed by atoms with Crippen LogP contribution < -0.4 is 10.1 Å². The van der Waals surface area contributed by atoms with E-state index in [0.717, 1.165) is 24.9 Å². The Morgan fingerprint density at radius 1 is 1.33 bits per heavy atom. The van der Waals surface area contributed by atoms with E-state index in [9.17, 15) is 4.39 Å². The molecule has 102 valence electrons. The van der Waals surface area contributed by atoms with Crippen molar-refractivity contribution in [1.29, 1.82) is 0 Å². The topological polar surface area (TPSA) is 21.3 Å². The lowest BCUT2D eigenvalue weighted by atomic mass is 9.92. The van der Waals surface area contributed by atoms with Gasteiger partial charge < -0.3 is 10.1 Å². The van der Waals surface area contributed by atoms with Gasteiger partial charge in [0.2, 0.25) is 0 Å². The molecule has 0 aliphatic rings. The van der Waals surface area contributed by atoms with Gasteiger partial charge in [-0.3, -0.25) is 0 Å². The molecule has 0 bridgehead atoms. The second kappa shape index (κ2) is 7.37. The zero-order valence-corrected chi connectivity index (χ0v) is 11.8. The maximum atomic E-state index is 14.0. The highest BCUT2D eigenvalue weighted by Crippen LogP contribution is 2.23. The Morgan fingerprint density at radius 2 is 2.06 bits per heavy atom. The molecule has 0 radical (unpaired) electrons. The summed E-state index contributed by atoms with van der Waals surface area (Å²) in [7, 11) is 1.50. The summed E-state index contributed by atoms with van der Waals surface area (Å²) in [5, 5.41) is 3.45. The Labute approximate surface area is 110 Å². The maximum Gasteiger partial charge on any atom is 0.168 e. The summed E-state index contributed by atoms with van der Waals surface area (Å²) >= 11 is 0. The van der Waals surface area contributed by atoms with Gasteiger partial charge in [-0.15, -0.1) is 0 Å². The number of nitrogens with one attached hydrogen (secondary N) is 1. The van der Waals surface area contributed by atoms with E-state index in [2.05, 4.69) is 26.1 Å². The smallest absolute Gasteiger partial charge is 0.168 e. The van der Waals surface area contributed by atoms with Crippen LogP contribution in [0.5, 0.6) is 5.75 Å². The molecule has 0 heterocycles. The number of ether oxygens (including phenoxy) is 1. The first-order valence-corrected chi connectivity index (χ1v) is 6.68. The molecule has 1 aromatic carbocycles. The van der Waals surface area contributed by atoms with Gasteiger partial charge in [-0.05, 0) is 36.9 Å². The number of hydrogen-bond donors (Lipinski definition) is 1. The highest BCUT2D eigenvalue weighted by molar-refractivity contribution is 5.31. The highest BCUT2D eigenvalue weighted by atomic mass is 19.1. The summed E-state index contributed by atoms with van der Waals surface area (Å²) in [6.07, 6.45) is 1.79. The first-order chi connectivity index (χ1) is 8.63. The molecule has 1 rings (SSSR count). The highest BCUT2D eigenvalue weighted by Gasteiger charge is 2.17. The van der Waals surface area contributed by atoms with Crippen LogP contribution in [0.25, 0.3) is 0 Å². The first-order valence-electron chi connectivity index (χ1n) is 6.68. The predicted molar refractivity (Wildman–Crippen MR) is 73.6 cm³/mol. The van der Waals surface area contributed by atoms with Gasteiger partial charge in [0, 0.05) is 6.04 Å². The third-order valence-electron chi connectivity index (χ3n) is 3.40. The molecule has 0 saturated carbocycles. The number of benzene rings is 1. The van der Waals surface area contributed by atoms with Crippen molar-refractivity contribution in [1.82, 2.24) is 5.32 Å². The van der Waals surface area contributed by atoms with Crippen LogP contribution in [0, 0.1) is 11.7 Å². The van der Waals surface area contributed by atoms with E-state index >= 15 is 0 Å². The van der Waals surface area contributed by atoms with E-state index < -0.39 is 0 Å². The lowest BCUT2D eigenvalue weighted by Gasteiger charge is -2.24. The molecule has 0 aromatic heterocycles. The van der Waals surface area contributed by atoms with Crippen LogP contribution in [0.15, 0.2) is 18.2 Å². The van der Waals surface area contributed by atoms with Crippen molar-refractivity contribution >= 4 is 0 Å². The fourth-order valence-electron chi connectivity index (χ4n) is 2.37. The van der Waals surface area contributed by atoms with Crippen LogP contribution in [0.4, 0.5) is 4.39 Å². The van der Waals surface area contributed by atoms with Crippen molar-refractivity contribution in [2.75, 3.05) is 13.7 Å². The van der Waals surface area contributed by atoms with Gasteiger partial charge in [-0.2, -0.15) is 0 Å². The Balaban J connectivity index is 2.77. The first kappa shape index (κ1) is 15.0. The van der Waals surface area contributed by atoms with E-state index in [1.165, 1.54) is 7.11 Å². The zero-order chi connectivity index (χ0) is 13.5. The second-order valence-electron chi connectivity index (χ2n) is 4.69. The number of halogens is 1. The molecule has 2 atom stereocenters.